The molecule has 1 atom stereocenters. The Bertz CT molecular complexity index is 361. The van der Waals surface area contributed by atoms with Gasteiger partial charge in [0.15, 0.2) is 0 Å². The van der Waals surface area contributed by atoms with Crippen LogP contribution in [0.15, 0.2) is 12.1 Å². The Morgan fingerprint density at radius 2 is 2.35 bits per heavy atom. The van der Waals surface area contributed by atoms with E-state index in [0.29, 0.717) is 6.54 Å². The zero-order valence-corrected chi connectivity index (χ0v) is 11.6. The van der Waals surface area contributed by atoms with E-state index in [1.807, 2.05) is 0 Å². The summed E-state index contributed by atoms with van der Waals surface area (Å²) in [5.41, 5.74) is 0. The lowest BCUT2D eigenvalue weighted by Gasteiger charge is -2.22. The maximum absolute atomic E-state index is 11.8. The molecular formula is C12H19ClN2OS. The van der Waals surface area contributed by atoms with Crippen LogP contribution in [0.4, 0.5) is 0 Å². The van der Waals surface area contributed by atoms with Crippen molar-refractivity contribution in [2.24, 2.45) is 0 Å². The molecule has 1 aliphatic heterocycles. The van der Waals surface area contributed by atoms with Crippen molar-refractivity contribution < 1.29 is 4.79 Å². The Kier molecular flexibility index (Phi) is 5.95. The summed E-state index contributed by atoms with van der Waals surface area (Å²) >= 11 is 1.74. The van der Waals surface area contributed by atoms with E-state index in [1.54, 1.807) is 11.3 Å². The highest BCUT2D eigenvalue weighted by atomic mass is 35.5. The second kappa shape index (κ2) is 6.99. The number of rotatable bonds is 3. The molecule has 1 amide bonds. The molecular weight excluding hydrogens is 256 g/mol. The van der Waals surface area contributed by atoms with Crippen molar-refractivity contribution in [1.29, 1.82) is 0 Å². The van der Waals surface area contributed by atoms with Crippen molar-refractivity contribution in [2.45, 2.75) is 38.8 Å². The fraction of sp³-hybridized carbons (Fsp3) is 0.583. The van der Waals surface area contributed by atoms with Gasteiger partial charge in [0.25, 0.3) is 0 Å². The van der Waals surface area contributed by atoms with E-state index in [1.165, 1.54) is 16.2 Å². The monoisotopic (exact) mass is 274 g/mol. The summed E-state index contributed by atoms with van der Waals surface area (Å²) in [5.74, 6) is 0.144. The van der Waals surface area contributed by atoms with Crippen molar-refractivity contribution in [3.05, 3.63) is 21.9 Å². The van der Waals surface area contributed by atoms with E-state index in [2.05, 4.69) is 29.7 Å². The highest BCUT2D eigenvalue weighted by Gasteiger charge is 2.19. The van der Waals surface area contributed by atoms with E-state index in [4.69, 9.17) is 0 Å². The van der Waals surface area contributed by atoms with Crippen LogP contribution in [-0.2, 0) is 11.3 Å². The van der Waals surface area contributed by atoms with Crippen molar-refractivity contribution in [3.63, 3.8) is 0 Å². The van der Waals surface area contributed by atoms with Gasteiger partial charge in [0.1, 0.15) is 0 Å². The normalized spacial score (nSPS) is 19.5. The van der Waals surface area contributed by atoms with Crippen LogP contribution < -0.4 is 10.6 Å². The zero-order chi connectivity index (χ0) is 11.4. The van der Waals surface area contributed by atoms with Crippen molar-refractivity contribution >= 4 is 29.7 Å². The fourth-order valence-electron chi connectivity index (χ4n) is 1.95. The number of hydrogen-bond donors (Lipinski definition) is 2. The number of carbonyl (C=O) groups excluding carboxylic acids is 1. The maximum atomic E-state index is 11.8. The number of hydrogen-bond acceptors (Lipinski definition) is 3. The first-order chi connectivity index (χ1) is 7.75. The molecule has 1 saturated heterocycles. The third-order valence-electron chi connectivity index (χ3n) is 2.86. The van der Waals surface area contributed by atoms with Crippen LogP contribution in [0.25, 0.3) is 0 Å². The van der Waals surface area contributed by atoms with Crippen LogP contribution in [0.1, 0.15) is 29.0 Å². The molecule has 5 heteroatoms. The summed E-state index contributed by atoms with van der Waals surface area (Å²) in [6.45, 7) is 3.71. The molecule has 2 rings (SSSR count). The maximum Gasteiger partial charge on any atom is 0.237 e. The Balaban J connectivity index is 0.00000144. The summed E-state index contributed by atoms with van der Waals surface area (Å²) in [7, 11) is 0. The van der Waals surface area contributed by atoms with E-state index in [0.717, 1.165) is 19.4 Å². The minimum Gasteiger partial charge on any atom is -0.350 e. The van der Waals surface area contributed by atoms with Crippen LogP contribution in [0.5, 0.6) is 0 Å². The first kappa shape index (κ1) is 14.5. The van der Waals surface area contributed by atoms with Gasteiger partial charge in [-0.05, 0) is 38.4 Å². The van der Waals surface area contributed by atoms with E-state index in [-0.39, 0.29) is 24.4 Å². The van der Waals surface area contributed by atoms with Gasteiger partial charge < -0.3 is 10.6 Å². The number of halogens is 1. The molecule has 0 aliphatic carbocycles. The van der Waals surface area contributed by atoms with Crippen molar-refractivity contribution in [1.82, 2.24) is 10.6 Å². The third kappa shape index (κ3) is 4.30. The standard InChI is InChI=1S/C12H18N2OS.ClH/c1-9-5-6-10(16-9)8-14-12(15)11-4-2-3-7-13-11;/h5-6,11,13H,2-4,7-8H2,1H3,(H,14,15);1H/t11-;/m0./s1. The number of carbonyl (C=O) groups is 1. The largest absolute Gasteiger partial charge is 0.350 e. The molecule has 0 bridgehead atoms. The molecule has 2 heterocycles. The first-order valence-corrected chi connectivity index (χ1v) is 6.64. The lowest BCUT2D eigenvalue weighted by molar-refractivity contribution is -0.123. The van der Waals surface area contributed by atoms with Gasteiger partial charge in [0.2, 0.25) is 5.91 Å². The molecule has 96 valence electrons. The lowest BCUT2D eigenvalue weighted by atomic mass is 10.0. The number of nitrogens with one attached hydrogen (secondary N) is 2. The van der Waals surface area contributed by atoms with E-state index in [9.17, 15) is 4.79 Å². The number of piperidine rings is 1. The topological polar surface area (TPSA) is 41.1 Å². The van der Waals surface area contributed by atoms with Gasteiger partial charge in [-0.1, -0.05) is 6.42 Å². The van der Waals surface area contributed by atoms with E-state index < -0.39 is 0 Å². The molecule has 1 aromatic heterocycles. The summed E-state index contributed by atoms with van der Waals surface area (Å²) in [4.78, 5) is 14.3. The molecule has 1 fully saturated rings. The Morgan fingerprint density at radius 1 is 1.53 bits per heavy atom. The highest BCUT2D eigenvalue weighted by Crippen LogP contribution is 2.14. The van der Waals surface area contributed by atoms with Crippen LogP contribution in [0.3, 0.4) is 0 Å². The second-order valence-electron chi connectivity index (χ2n) is 4.23. The van der Waals surface area contributed by atoms with Crippen LogP contribution >= 0.6 is 23.7 Å². The fourth-order valence-corrected chi connectivity index (χ4v) is 2.78. The van der Waals surface area contributed by atoms with Gasteiger partial charge in [-0.3, -0.25) is 4.79 Å². The van der Waals surface area contributed by atoms with Gasteiger partial charge in [-0.2, -0.15) is 0 Å². The Hall–Kier alpha value is -0.580. The van der Waals surface area contributed by atoms with Crippen LogP contribution in [-0.4, -0.2) is 18.5 Å². The number of thiophene rings is 1. The van der Waals surface area contributed by atoms with Gasteiger partial charge in [-0.15, -0.1) is 23.7 Å². The SMILES string of the molecule is Cc1ccc(CNC(=O)[C@@H]2CCCCN2)s1.Cl. The Labute approximate surface area is 112 Å². The summed E-state index contributed by atoms with van der Waals surface area (Å²) < 4.78 is 0. The predicted molar refractivity (Wildman–Crippen MR) is 73.8 cm³/mol. The van der Waals surface area contributed by atoms with Gasteiger partial charge in [0, 0.05) is 9.75 Å². The van der Waals surface area contributed by atoms with Crippen LogP contribution in [0.2, 0.25) is 0 Å². The quantitative estimate of drug-likeness (QED) is 0.888. The summed E-state index contributed by atoms with van der Waals surface area (Å²) in [6.07, 6.45) is 3.31. The molecule has 1 aliphatic rings. The molecule has 3 nitrogen and oxygen atoms in total. The molecule has 17 heavy (non-hydrogen) atoms. The smallest absolute Gasteiger partial charge is 0.237 e. The molecule has 0 unspecified atom stereocenters. The summed E-state index contributed by atoms with van der Waals surface area (Å²) in [6, 6.07) is 4.19. The number of aryl methyl sites for hydroxylation is 1. The minimum atomic E-state index is 0. The summed E-state index contributed by atoms with van der Waals surface area (Å²) in [5, 5.41) is 6.24. The van der Waals surface area contributed by atoms with Gasteiger partial charge in [-0.25, -0.2) is 0 Å². The Morgan fingerprint density at radius 3 is 2.94 bits per heavy atom. The molecule has 0 radical (unpaired) electrons. The van der Waals surface area contributed by atoms with Gasteiger partial charge in [0.05, 0.1) is 12.6 Å². The lowest BCUT2D eigenvalue weighted by Crippen LogP contribution is -2.46. The predicted octanol–water partition coefficient (Wildman–Crippen LogP) is 2.24. The molecule has 2 N–H and O–H groups in total. The molecule has 0 aromatic carbocycles. The van der Waals surface area contributed by atoms with Gasteiger partial charge >= 0.3 is 0 Å². The molecule has 1 aromatic rings. The minimum absolute atomic E-state index is 0. The van der Waals surface area contributed by atoms with Crippen molar-refractivity contribution in [3.8, 4) is 0 Å². The average molecular weight is 275 g/mol. The van der Waals surface area contributed by atoms with Crippen LogP contribution in [0, 0.1) is 6.92 Å². The third-order valence-corrected chi connectivity index (χ3v) is 3.86. The second-order valence-corrected chi connectivity index (χ2v) is 5.61. The highest BCUT2D eigenvalue weighted by molar-refractivity contribution is 7.11. The zero-order valence-electron chi connectivity index (χ0n) is 9.99. The first-order valence-electron chi connectivity index (χ1n) is 5.82. The average Bonchev–Trinajstić information content (AvgIpc) is 2.73. The molecule has 0 saturated carbocycles. The van der Waals surface area contributed by atoms with Crippen molar-refractivity contribution in [2.75, 3.05) is 6.54 Å². The number of amides is 1. The van der Waals surface area contributed by atoms with E-state index >= 15 is 0 Å². The molecule has 0 spiro atoms.